The smallest absolute Gasteiger partial charge is 0.227 e. The Morgan fingerprint density at radius 1 is 1.13 bits per heavy atom. The number of nitrogens with zero attached hydrogens (tertiary/aromatic N) is 4. The molecule has 1 amide bonds. The molecule has 0 spiro atoms. The van der Waals surface area contributed by atoms with Gasteiger partial charge in [-0.1, -0.05) is 30.3 Å². The van der Waals surface area contributed by atoms with Crippen molar-refractivity contribution in [3.05, 3.63) is 78.0 Å². The molecule has 0 N–H and O–H groups in total. The molecule has 2 aromatic carbocycles. The number of anilines is 1. The predicted octanol–water partition coefficient (Wildman–Crippen LogP) is 4.49. The standard InChI is InChI=1S/C25H22N4O2/c26-15-5-16-28-18-21(25(27-28)20-6-2-1-3-7-20)11-14-23(30)19-9-12-22(13-10-19)29-17-4-8-24(29)31/h1-3,6-7,9-14,18H,4-5,8,16-17H2/b14-11+. The van der Waals surface area contributed by atoms with Crippen molar-refractivity contribution in [2.24, 2.45) is 0 Å². The molecule has 0 bridgehead atoms. The van der Waals surface area contributed by atoms with Gasteiger partial charge in [0.15, 0.2) is 5.78 Å². The molecule has 154 valence electrons. The SMILES string of the molecule is N#CCCn1cc(/C=C/C(=O)c2ccc(N3CCCC3=O)cc2)c(-c2ccccc2)n1. The highest BCUT2D eigenvalue weighted by Crippen LogP contribution is 2.24. The number of hydrogen-bond acceptors (Lipinski definition) is 4. The Morgan fingerprint density at radius 3 is 2.58 bits per heavy atom. The zero-order valence-corrected chi connectivity index (χ0v) is 17.1. The third-order valence-electron chi connectivity index (χ3n) is 5.24. The lowest BCUT2D eigenvalue weighted by molar-refractivity contribution is -0.117. The highest BCUT2D eigenvalue weighted by atomic mass is 16.2. The first-order chi connectivity index (χ1) is 15.2. The summed E-state index contributed by atoms with van der Waals surface area (Å²) in [5.74, 6) is 0.00362. The number of aryl methyl sites for hydroxylation is 1. The highest BCUT2D eigenvalue weighted by Gasteiger charge is 2.21. The second kappa shape index (κ2) is 9.23. The van der Waals surface area contributed by atoms with E-state index in [-0.39, 0.29) is 11.7 Å². The summed E-state index contributed by atoms with van der Waals surface area (Å²) in [4.78, 5) is 26.4. The van der Waals surface area contributed by atoms with Gasteiger partial charge in [-0.2, -0.15) is 10.4 Å². The van der Waals surface area contributed by atoms with Crippen LogP contribution in [0, 0.1) is 11.3 Å². The number of benzene rings is 2. The number of amides is 1. The van der Waals surface area contributed by atoms with E-state index in [1.165, 1.54) is 6.08 Å². The average molecular weight is 410 g/mol. The van der Waals surface area contributed by atoms with Crippen molar-refractivity contribution in [3.8, 4) is 17.3 Å². The molecule has 0 saturated carbocycles. The Balaban J connectivity index is 1.54. The minimum Gasteiger partial charge on any atom is -0.312 e. The van der Waals surface area contributed by atoms with Crippen LogP contribution >= 0.6 is 0 Å². The van der Waals surface area contributed by atoms with Crippen LogP contribution in [0.1, 0.15) is 35.2 Å². The van der Waals surface area contributed by atoms with Gasteiger partial charge in [0.1, 0.15) is 0 Å². The van der Waals surface area contributed by atoms with Crippen LogP contribution in [0.25, 0.3) is 17.3 Å². The van der Waals surface area contributed by atoms with Gasteiger partial charge in [0.2, 0.25) is 5.91 Å². The normalized spacial score (nSPS) is 13.6. The number of rotatable bonds is 7. The average Bonchev–Trinajstić information content (AvgIpc) is 3.42. The van der Waals surface area contributed by atoms with Crippen molar-refractivity contribution in [1.29, 1.82) is 5.26 Å². The Hall–Kier alpha value is -3.98. The molecular formula is C25H22N4O2. The molecule has 4 rings (SSSR count). The molecule has 1 aromatic heterocycles. The largest absolute Gasteiger partial charge is 0.312 e. The summed E-state index contributed by atoms with van der Waals surface area (Å²) in [6.07, 6.45) is 6.96. The van der Waals surface area contributed by atoms with E-state index in [9.17, 15) is 9.59 Å². The van der Waals surface area contributed by atoms with Crippen molar-refractivity contribution in [2.45, 2.75) is 25.8 Å². The van der Waals surface area contributed by atoms with Crippen LogP contribution in [-0.2, 0) is 11.3 Å². The Morgan fingerprint density at radius 2 is 1.90 bits per heavy atom. The van der Waals surface area contributed by atoms with Crippen molar-refractivity contribution in [1.82, 2.24) is 9.78 Å². The van der Waals surface area contributed by atoms with Crippen molar-refractivity contribution >= 4 is 23.5 Å². The quantitative estimate of drug-likeness (QED) is 0.425. The number of ketones is 1. The zero-order chi connectivity index (χ0) is 21.6. The van der Waals surface area contributed by atoms with Gasteiger partial charge in [0.05, 0.1) is 24.7 Å². The third-order valence-corrected chi connectivity index (χ3v) is 5.24. The first-order valence-electron chi connectivity index (χ1n) is 10.3. The fourth-order valence-electron chi connectivity index (χ4n) is 3.65. The van der Waals surface area contributed by atoms with Crippen LogP contribution in [0.5, 0.6) is 0 Å². The Bertz CT molecular complexity index is 1150. The van der Waals surface area contributed by atoms with E-state index in [4.69, 9.17) is 5.26 Å². The molecule has 1 saturated heterocycles. The molecule has 0 radical (unpaired) electrons. The summed E-state index contributed by atoms with van der Waals surface area (Å²) in [5, 5.41) is 13.5. The minimum atomic E-state index is -0.122. The molecule has 6 nitrogen and oxygen atoms in total. The fraction of sp³-hybridized carbons (Fsp3) is 0.200. The van der Waals surface area contributed by atoms with Gasteiger partial charge >= 0.3 is 0 Å². The van der Waals surface area contributed by atoms with Crippen molar-refractivity contribution in [2.75, 3.05) is 11.4 Å². The van der Waals surface area contributed by atoms with Crippen LogP contribution in [0.2, 0.25) is 0 Å². The number of hydrogen-bond donors (Lipinski definition) is 0. The molecule has 0 atom stereocenters. The maximum atomic E-state index is 12.7. The molecule has 2 heterocycles. The van der Waals surface area contributed by atoms with E-state index in [2.05, 4.69) is 11.2 Å². The second-order valence-corrected chi connectivity index (χ2v) is 7.36. The molecule has 1 aliphatic rings. The van der Waals surface area contributed by atoms with E-state index in [0.717, 1.165) is 35.5 Å². The van der Waals surface area contributed by atoms with E-state index in [1.54, 1.807) is 27.8 Å². The van der Waals surface area contributed by atoms with E-state index < -0.39 is 0 Å². The number of nitriles is 1. The minimum absolute atomic E-state index is 0.122. The molecule has 1 aliphatic heterocycles. The van der Waals surface area contributed by atoms with Crippen molar-refractivity contribution < 1.29 is 9.59 Å². The Kier molecular flexibility index (Phi) is 6.04. The first kappa shape index (κ1) is 20.3. The number of carbonyl (C=O) groups excluding carboxylic acids is 2. The van der Waals surface area contributed by atoms with Gasteiger partial charge in [0, 0.05) is 41.5 Å². The number of aromatic nitrogens is 2. The molecule has 0 unspecified atom stereocenters. The summed E-state index contributed by atoms with van der Waals surface area (Å²) in [6, 6.07) is 19.0. The van der Waals surface area contributed by atoms with Gasteiger partial charge in [0.25, 0.3) is 0 Å². The maximum absolute atomic E-state index is 12.7. The van der Waals surface area contributed by atoms with E-state index >= 15 is 0 Å². The second-order valence-electron chi connectivity index (χ2n) is 7.36. The lowest BCUT2D eigenvalue weighted by Crippen LogP contribution is -2.23. The van der Waals surface area contributed by atoms with Crippen LogP contribution in [0.4, 0.5) is 5.69 Å². The van der Waals surface area contributed by atoms with Gasteiger partial charge in [-0.05, 0) is 42.8 Å². The van der Waals surface area contributed by atoms with E-state index in [1.807, 2.05) is 48.7 Å². The van der Waals surface area contributed by atoms with Crippen LogP contribution in [0.15, 0.2) is 66.9 Å². The first-order valence-corrected chi connectivity index (χ1v) is 10.3. The summed E-state index contributed by atoms with van der Waals surface area (Å²) in [6.45, 7) is 1.22. The zero-order valence-electron chi connectivity index (χ0n) is 17.1. The lowest BCUT2D eigenvalue weighted by Gasteiger charge is -2.15. The molecule has 31 heavy (non-hydrogen) atoms. The molecule has 0 aliphatic carbocycles. The maximum Gasteiger partial charge on any atom is 0.227 e. The molecular weight excluding hydrogens is 388 g/mol. The lowest BCUT2D eigenvalue weighted by atomic mass is 10.1. The van der Waals surface area contributed by atoms with Gasteiger partial charge in [-0.3, -0.25) is 14.3 Å². The fourth-order valence-corrected chi connectivity index (χ4v) is 3.65. The molecule has 3 aromatic rings. The van der Waals surface area contributed by atoms with Crippen LogP contribution < -0.4 is 4.90 Å². The summed E-state index contributed by atoms with van der Waals surface area (Å²) in [7, 11) is 0. The predicted molar refractivity (Wildman–Crippen MR) is 119 cm³/mol. The summed E-state index contributed by atoms with van der Waals surface area (Å²) >= 11 is 0. The number of carbonyl (C=O) groups is 2. The summed E-state index contributed by atoms with van der Waals surface area (Å²) < 4.78 is 1.73. The van der Waals surface area contributed by atoms with Gasteiger partial charge in [-0.25, -0.2) is 0 Å². The third kappa shape index (κ3) is 4.62. The van der Waals surface area contributed by atoms with Gasteiger partial charge < -0.3 is 4.90 Å². The van der Waals surface area contributed by atoms with Crippen LogP contribution in [-0.4, -0.2) is 28.0 Å². The topological polar surface area (TPSA) is 79.0 Å². The summed E-state index contributed by atoms with van der Waals surface area (Å²) in [5.41, 5.74) is 3.92. The van der Waals surface area contributed by atoms with Crippen LogP contribution in [0.3, 0.4) is 0 Å². The highest BCUT2D eigenvalue weighted by molar-refractivity contribution is 6.07. The number of allylic oxidation sites excluding steroid dienone is 1. The van der Waals surface area contributed by atoms with Crippen molar-refractivity contribution in [3.63, 3.8) is 0 Å². The molecule has 6 heteroatoms. The molecule has 1 fully saturated rings. The monoisotopic (exact) mass is 410 g/mol. The Labute approximate surface area is 181 Å². The van der Waals surface area contributed by atoms with Gasteiger partial charge in [-0.15, -0.1) is 0 Å². The van der Waals surface area contributed by atoms with E-state index in [0.29, 0.717) is 24.9 Å².